The quantitative estimate of drug-likeness (QED) is 0.117. The summed E-state index contributed by atoms with van der Waals surface area (Å²) in [5.74, 6) is -1.07. The van der Waals surface area contributed by atoms with Gasteiger partial charge in [-0.15, -0.1) is 0 Å². The molecule has 0 saturated carbocycles. The number of allylic oxidation sites excluding steroid dienone is 2. The van der Waals surface area contributed by atoms with E-state index in [1.54, 1.807) is 0 Å². The minimum absolute atomic E-state index is 0.254. The molecule has 2 aliphatic rings. The van der Waals surface area contributed by atoms with Crippen LogP contribution in [-0.4, -0.2) is 19.2 Å². The zero-order valence-electron chi connectivity index (χ0n) is 9.61. The van der Waals surface area contributed by atoms with Crippen LogP contribution in [0.4, 0.5) is 0 Å². The fourth-order valence-corrected chi connectivity index (χ4v) is 3.24. The van der Waals surface area contributed by atoms with Gasteiger partial charge in [0.05, 0.1) is 11.8 Å². The van der Waals surface area contributed by atoms with Crippen LogP contribution in [0.2, 0.25) is 0 Å². The second kappa shape index (κ2) is 9.38. The first-order chi connectivity index (χ1) is 9.13. The molecule has 1 aliphatic heterocycles. The first kappa shape index (κ1) is 20.9. The van der Waals surface area contributed by atoms with Crippen LogP contribution in [0, 0.1) is 11.8 Å². The molecule has 1 fully saturated rings. The topological polar surface area (TPSA) is 37.4 Å². The van der Waals surface area contributed by atoms with Crippen molar-refractivity contribution in [3.8, 4) is 0 Å². The molecule has 1 heterocycles. The van der Waals surface area contributed by atoms with Crippen molar-refractivity contribution >= 4 is 119 Å². The fraction of sp³-hybridized carbons (Fsp3) is 0.556. The molecule has 0 aromatic heterocycles. The third-order valence-corrected chi connectivity index (χ3v) is 4.03. The van der Waals surface area contributed by atoms with Gasteiger partial charge in [0.1, 0.15) is 0 Å². The third kappa shape index (κ3) is 6.78. The summed E-state index contributed by atoms with van der Waals surface area (Å²) in [6.45, 7) is 0. The van der Waals surface area contributed by atoms with Gasteiger partial charge in [-0.1, -0.05) is 47.0 Å². The Hall–Kier alpha value is 2.87. The monoisotopic (exact) mass is 731 g/mol. The number of fused-ring (bicyclic) bond motifs is 1. The Morgan fingerprint density at radius 1 is 1.10 bits per heavy atom. The molecule has 20 heavy (non-hydrogen) atoms. The molecule has 0 spiro atoms. The van der Waals surface area contributed by atoms with Crippen LogP contribution in [0.1, 0.15) is 12.8 Å². The molecule has 11 heteroatoms. The van der Waals surface area contributed by atoms with Crippen molar-refractivity contribution < 1.29 is 14.5 Å². The number of hydrogen-bond acceptors (Lipinski definition) is 3. The number of halogens is 6. The van der Waals surface area contributed by atoms with E-state index in [1.807, 2.05) is 12.2 Å². The molecule has 3 nitrogen and oxygen atoms in total. The van der Waals surface area contributed by atoms with Crippen LogP contribution in [-0.2, 0) is 14.5 Å². The van der Waals surface area contributed by atoms with Crippen molar-refractivity contribution in [2.75, 3.05) is 0 Å². The predicted molar refractivity (Wildman–Crippen MR) is 107 cm³/mol. The van der Waals surface area contributed by atoms with Crippen LogP contribution < -0.4 is 0 Å². The second-order valence-electron chi connectivity index (χ2n) is 3.86. The molecule has 2 rings (SSSR count). The number of carbonyl (C=O) groups is 2. The molecule has 0 bridgehead atoms. The Kier molecular flexibility index (Phi) is 9.81. The standard InChI is InChI=1S/C9H8Cl3NO2S.3HI.V/c10-9(11,12)16-13-7(14)5-3-1-2-4-6(5)8(13)15;;;;/h1-2,5-6H,3-4H2;3*1H;/q;;;;+3/p-3. The Morgan fingerprint density at radius 3 is 1.75 bits per heavy atom. The summed E-state index contributed by atoms with van der Waals surface area (Å²) in [5, 5.41) is 0. The van der Waals surface area contributed by atoms with E-state index in [4.69, 9.17) is 34.8 Å². The van der Waals surface area contributed by atoms with Crippen LogP contribution in [0.15, 0.2) is 12.2 Å². The van der Waals surface area contributed by atoms with E-state index in [-0.39, 0.29) is 28.6 Å². The van der Waals surface area contributed by atoms with Crippen LogP contribution >= 0.6 is 107 Å². The summed E-state index contributed by atoms with van der Waals surface area (Å²) in [6, 6.07) is 0. The van der Waals surface area contributed by atoms with Gasteiger partial charge in [0.15, 0.2) is 0 Å². The summed E-state index contributed by atoms with van der Waals surface area (Å²) in [5.41, 5.74) is 0. The number of amides is 2. The number of carbonyl (C=O) groups excluding carboxylic acids is 2. The zero-order valence-corrected chi connectivity index (χ0v) is 20.6. The Morgan fingerprint density at radius 2 is 1.45 bits per heavy atom. The van der Waals surface area contributed by atoms with Gasteiger partial charge in [-0.2, -0.15) is 0 Å². The van der Waals surface area contributed by atoms with Gasteiger partial charge in [0.25, 0.3) is 3.12 Å². The average molecular weight is 732 g/mol. The van der Waals surface area contributed by atoms with E-state index < -0.39 is 3.12 Å². The normalized spacial score (nSPS) is 25.6. The molecule has 1 saturated heterocycles. The Labute approximate surface area is 174 Å². The summed E-state index contributed by atoms with van der Waals surface area (Å²) >= 11 is 24.8. The summed E-state index contributed by atoms with van der Waals surface area (Å²) in [7, 11) is 0. The molecular formula is C9H8Cl3I3NO2SV. The molecular weight excluding hydrogens is 724 g/mol. The van der Waals surface area contributed by atoms with E-state index in [1.165, 1.54) is 0 Å². The van der Waals surface area contributed by atoms with Gasteiger partial charge in [0.2, 0.25) is 11.8 Å². The Bertz CT molecular complexity index is 393. The molecule has 2 atom stereocenters. The number of nitrogens with zero attached hydrogens (tertiary/aromatic N) is 1. The van der Waals surface area contributed by atoms with E-state index >= 15 is 0 Å². The van der Waals surface area contributed by atoms with E-state index in [2.05, 4.69) is 59.9 Å². The fourth-order valence-electron chi connectivity index (χ4n) is 1.96. The number of rotatable bonds is 1. The molecule has 114 valence electrons. The van der Waals surface area contributed by atoms with Gasteiger partial charge < -0.3 is 0 Å². The van der Waals surface area contributed by atoms with Crippen molar-refractivity contribution in [2.24, 2.45) is 11.8 Å². The summed E-state index contributed by atoms with van der Waals surface area (Å²) < 4.78 is -0.693. The molecule has 0 aromatic rings. The molecule has 0 aromatic carbocycles. The SMILES string of the molecule is O=C1C2CC=CCC2C(=O)N1SC(Cl)(Cl)Cl.[I][V]([I])[I]. The molecule has 0 N–H and O–H groups in total. The van der Waals surface area contributed by atoms with Gasteiger partial charge >= 0.3 is 64.9 Å². The average Bonchev–Trinajstić information content (AvgIpc) is 2.53. The van der Waals surface area contributed by atoms with E-state index in [9.17, 15) is 9.59 Å². The van der Waals surface area contributed by atoms with Crippen LogP contribution in [0.25, 0.3) is 0 Å². The predicted octanol–water partition coefficient (Wildman–Crippen LogP) is 5.57. The van der Waals surface area contributed by atoms with Crippen LogP contribution in [0.3, 0.4) is 0 Å². The third-order valence-electron chi connectivity index (χ3n) is 2.66. The van der Waals surface area contributed by atoms with Gasteiger partial charge in [-0.05, 0) is 12.8 Å². The Balaban J connectivity index is 0.000000444. The maximum atomic E-state index is 11.9. The van der Waals surface area contributed by atoms with Crippen molar-refractivity contribution in [1.29, 1.82) is 0 Å². The molecule has 2 amide bonds. The number of hydrogen-bond donors (Lipinski definition) is 0. The molecule has 0 radical (unpaired) electrons. The van der Waals surface area contributed by atoms with Crippen LogP contribution in [0.5, 0.6) is 0 Å². The first-order valence-corrected chi connectivity index (χ1v) is 20.6. The van der Waals surface area contributed by atoms with Gasteiger partial charge in [0, 0.05) is 11.9 Å². The number of imide groups is 1. The zero-order chi connectivity index (χ0) is 15.5. The van der Waals surface area contributed by atoms with Gasteiger partial charge in [-0.25, -0.2) is 4.31 Å². The maximum absolute atomic E-state index is 11.9. The molecule has 2 unspecified atom stereocenters. The van der Waals surface area contributed by atoms with Gasteiger partial charge in [-0.3, -0.25) is 9.59 Å². The van der Waals surface area contributed by atoms with E-state index in [0.29, 0.717) is 24.8 Å². The number of alkyl halides is 3. The minimum atomic E-state index is -1.69. The van der Waals surface area contributed by atoms with Crippen molar-refractivity contribution in [3.63, 3.8) is 0 Å². The summed E-state index contributed by atoms with van der Waals surface area (Å²) in [4.78, 5) is 23.5. The first-order valence-electron chi connectivity index (χ1n) is 5.19. The van der Waals surface area contributed by atoms with Crippen molar-refractivity contribution in [3.05, 3.63) is 12.2 Å². The van der Waals surface area contributed by atoms with E-state index in [0.717, 1.165) is 4.31 Å². The second-order valence-corrected chi connectivity index (χ2v) is 43.3. The summed E-state index contributed by atoms with van der Waals surface area (Å²) in [6.07, 6.45) is 5.00. The molecule has 1 aliphatic carbocycles. The van der Waals surface area contributed by atoms with Crippen molar-refractivity contribution in [1.82, 2.24) is 4.31 Å². The van der Waals surface area contributed by atoms with Crippen molar-refractivity contribution in [2.45, 2.75) is 16.0 Å².